The summed E-state index contributed by atoms with van der Waals surface area (Å²) >= 11 is 1.55. The van der Waals surface area contributed by atoms with Gasteiger partial charge in [0, 0.05) is 12.3 Å². The summed E-state index contributed by atoms with van der Waals surface area (Å²) in [5.41, 5.74) is 2.01. The van der Waals surface area contributed by atoms with E-state index < -0.39 is 0 Å². The van der Waals surface area contributed by atoms with Crippen molar-refractivity contribution >= 4 is 38.1 Å². The minimum atomic E-state index is -0.267. The van der Waals surface area contributed by atoms with E-state index in [1.807, 2.05) is 28.7 Å². The number of carbonyl (C=O) groups is 1. The third-order valence-electron chi connectivity index (χ3n) is 3.44. The van der Waals surface area contributed by atoms with Crippen LogP contribution in [-0.4, -0.2) is 27.4 Å². The monoisotopic (exact) mass is 324 g/mol. The number of para-hydroxylation sites is 1. The average molecular weight is 324 g/mol. The zero-order valence-corrected chi connectivity index (χ0v) is 13.0. The second-order valence-electron chi connectivity index (χ2n) is 4.89. The quantitative estimate of drug-likeness (QED) is 0.628. The van der Waals surface area contributed by atoms with Gasteiger partial charge >= 0.3 is 0 Å². The third kappa shape index (κ3) is 2.40. The Balaban J connectivity index is 1.63. The van der Waals surface area contributed by atoms with Gasteiger partial charge in [-0.15, -0.1) is 0 Å². The number of ether oxygens (including phenoxy) is 1. The molecule has 0 aliphatic rings. The smallest absolute Gasteiger partial charge is 0.275 e. The van der Waals surface area contributed by atoms with Gasteiger partial charge in [-0.3, -0.25) is 9.20 Å². The van der Waals surface area contributed by atoms with Crippen molar-refractivity contribution in [3.8, 4) is 5.88 Å². The molecule has 0 bridgehead atoms. The van der Waals surface area contributed by atoms with E-state index in [0.29, 0.717) is 17.3 Å². The number of nitrogens with zero attached hydrogens (tertiary/aromatic N) is 3. The Bertz CT molecular complexity index is 1000. The summed E-state index contributed by atoms with van der Waals surface area (Å²) in [6, 6.07) is 11.4. The van der Waals surface area contributed by atoms with E-state index in [1.54, 1.807) is 43.0 Å². The van der Waals surface area contributed by atoms with E-state index in [-0.39, 0.29) is 5.91 Å². The predicted octanol–water partition coefficient (Wildman–Crippen LogP) is 3.20. The molecule has 1 aromatic carbocycles. The molecule has 3 heterocycles. The van der Waals surface area contributed by atoms with Crippen molar-refractivity contribution in [3.63, 3.8) is 0 Å². The predicted molar refractivity (Wildman–Crippen MR) is 89.3 cm³/mol. The molecule has 0 spiro atoms. The Kier molecular flexibility index (Phi) is 3.20. The summed E-state index contributed by atoms with van der Waals surface area (Å²) in [7, 11) is 1.54. The van der Waals surface area contributed by atoms with Crippen molar-refractivity contribution in [1.29, 1.82) is 0 Å². The number of methoxy groups -OCH3 is 1. The van der Waals surface area contributed by atoms with Crippen LogP contribution in [0.15, 0.2) is 48.8 Å². The van der Waals surface area contributed by atoms with Crippen molar-refractivity contribution in [2.24, 2.45) is 0 Å². The van der Waals surface area contributed by atoms with Gasteiger partial charge in [-0.05, 0) is 18.2 Å². The molecule has 3 aromatic heterocycles. The number of anilines is 1. The lowest BCUT2D eigenvalue weighted by Gasteiger charge is -2.03. The molecule has 0 aliphatic carbocycles. The van der Waals surface area contributed by atoms with Gasteiger partial charge in [-0.1, -0.05) is 23.5 Å². The summed E-state index contributed by atoms with van der Waals surface area (Å²) in [5, 5.41) is 2.78. The van der Waals surface area contributed by atoms with Crippen LogP contribution in [0.3, 0.4) is 0 Å². The number of thiazole rings is 1. The fourth-order valence-electron chi connectivity index (χ4n) is 2.33. The van der Waals surface area contributed by atoms with Crippen LogP contribution in [0, 0.1) is 0 Å². The standard InChI is InChI=1S/C16H12N4O2S/c1-22-14-7-6-10(8-17-14)18-15(21)11-9-20-12-4-2-3-5-13(12)23-16(20)19-11/h2-9H,1H3,(H,18,21). The lowest BCUT2D eigenvalue weighted by Crippen LogP contribution is -2.12. The highest BCUT2D eigenvalue weighted by Crippen LogP contribution is 2.26. The van der Waals surface area contributed by atoms with Gasteiger partial charge in [0.1, 0.15) is 5.69 Å². The molecular weight excluding hydrogens is 312 g/mol. The Labute approximate surface area is 135 Å². The first-order valence-corrected chi connectivity index (χ1v) is 7.74. The summed E-state index contributed by atoms with van der Waals surface area (Å²) < 4.78 is 8.06. The first-order valence-electron chi connectivity index (χ1n) is 6.92. The maximum atomic E-state index is 12.3. The van der Waals surface area contributed by atoms with Crippen LogP contribution >= 0.6 is 11.3 Å². The zero-order chi connectivity index (χ0) is 15.8. The topological polar surface area (TPSA) is 68.5 Å². The SMILES string of the molecule is COc1ccc(NC(=O)c2cn3c(n2)sc2ccccc23)cn1. The van der Waals surface area contributed by atoms with Crippen LogP contribution in [-0.2, 0) is 0 Å². The highest BCUT2D eigenvalue weighted by Gasteiger charge is 2.14. The summed E-state index contributed by atoms with van der Waals surface area (Å²) in [4.78, 5) is 21.6. The van der Waals surface area contributed by atoms with Gasteiger partial charge in [0.05, 0.1) is 29.2 Å². The Morgan fingerprint density at radius 1 is 1.26 bits per heavy atom. The number of hydrogen-bond donors (Lipinski definition) is 1. The van der Waals surface area contributed by atoms with Crippen LogP contribution < -0.4 is 10.1 Å². The molecule has 7 heteroatoms. The van der Waals surface area contributed by atoms with Gasteiger partial charge in [0.2, 0.25) is 5.88 Å². The van der Waals surface area contributed by atoms with Gasteiger partial charge in [-0.2, -0.15) is 0 Å². The van der Waals surface area contributed by atoms with Crippen molar-refractivity contribution in [2.45, 2.75) is 0 Å². The van der Waals surface area contributed by atoms with Crippen LogP contribution in [0.4, 0.5) is 5.69 Å². The van der Waals surface area contributed by atoms with Crippen molar-refractivity contribution in [1.82, 2.24) is 14.4 Å². The molecule has 4 aromatic rings. The molecule has 1 amide bonds. The Hall–Kier alpha value is -2.93. The molecule has 0 radical (unpaired) electrons. The normalized spacial score (nSPS) is 11.0. The molecular formula is C16H12N4O2S. The molecule has 0 saturated carbocycles. The van der Waals surface area contributed by atoms with Gasteiger partial charge in [-0.25, -0.2) is 9.97 Å². The molecule has 23 heavy (non-hydrogen) atoms. The molecule has 114 valence electrons. The number of rotatable bonds is 3. The lowest BCUT2D eigenvalue weighted by molar-refractivity contribution is 0.102. The number of carbonyl (C=O) groups excluding carboxylic acids is 1. The van der Waals surface area contributed by atoms with E-state index in [9.17, 15) is 4.79 Å². The van der Waals surface area contributed by atoms with Gasteiger partial charge in [0.15, 0.2) is 4.96 Å². The third-order valence-corrected chi connectivity index (χ3v) is 4.47. The van der Waals surface area contributed by atoms with E-state index in [1.165, 1.54) is 0 Å². The lowest BCUT2D eigenvalue weighted by atomic mass is 10.3. The highest BCUT2D eigenvalue weighted by molar-refractivity contribution is 7.23. The Morgan fingerprint density at radius 2 is 2.13 bits per heavy atom. The highest BCUT2D eigenvalue weighted by atomic mass is 32.1. The molecule has 0 fully saturated rings. The summed E-state index contributed by atoms with van der Waals surface area (Å²) in [6.07, 6.45) is 3.30. The van der Waals surface area contributed by atoms with E-state index >= 15 is 0 Å². The van der Waals surface area contributed by atoms with Gasteiger partial charge < -0.3 is 10.1 Å². The molecule has 0 saturated heterocycles. The molecule has 0 unspecified atom stereocenters. The van der Waals surface area contributed by atoms with Crippen molar-refractivity contribution in [3.05, 3.63) is 54.5 Å². The van der Waals surface area contributed by atoms with Crippen LogP contribution in [0.2, 0.25) is 0 Å². The first-order chi connectivity index (χ1) is 11.2. The van der Waals surface area contributed by atoms with Gasteiger partial charge in [0.25, 0.3) is 5.91 Å². The number of imidazole rings is 1. The number of nitrogens with one attached hydrogen (secondary N) is 1. The maximum absolute atomic E-state index is 12.3. The number of amides is 1. The number of aromatic nitrogens is 3. The Morgan fingerprint density at radius 3 is 2.91 bits per heavy atom. The summed E-state index contributed by atoms with van der Waals surface area (Å²) in [5.74, 6) is 0.230. The zero-order valence-electron chi connectivity index (χ0n) is 12.2. The van der Waals surface area contributed by atoms with E-state index in [2.05, 4.69) is 15.3 Å². The molecule has 0 atom stereocenters. The second-order valence-corrected chi connectivity index (χ2v) is 5.90. The van der Waals surface area contributed by atoms with Crippen LogP contribution in [0.5, 0.6) is 5.88 Å². The molecule has 1 N–H and O–H groups in total. The largest absolute Gasteiger partial charge is 0.481 e. The molecule has 0 aliphatic heterocycles. The van der Waals surface area contributed by atoms with E-state index in [0.717, 1.165) is 15.2 Å². The molecule has 6 nitrogen and oxygen atoms in total. The minimum Gasteiger partial charge on any atom is -0.481 e. The van der Waals surface area contributed by atoms with Crippen LogP contribution in [0.1, 0.15) is 10.5 Å². The minimum absolute atomic E-state index is 0.267. The fraction of sp³-hybridized carbons (Fsp3) is 0.0625. The fourth-order valence-corrected chi connectivity index (χ4v) is 3.34. The number of hydrogen-bond acceptors (Lipinski definition) is 5. The van der Waals surface area contributed by atoms with Crippen molar-refractivity contribution in [2.75, 3.05) is 12.4 Å². The number of benzene rings is 1. The average Bonchev–Trinajstić information content (AvgIpc) is 3.13. The van der Waals surface area contributed by atoms with Crippen LogP contribution in [0.25, 0.3) is 15.2 Å². The molecule has 4 rings (SSSR count). The second kappa shape index (κ2) is 5.36. The van der Waals surface area contributed by atoms with E-state index in [4.69, 9.17) is 4.74 Å². The summed E-state index contributed by atoms with van der Waals surface area (Å²) in [6.45, 7) is 0. The number of fused-ring (bicyclic) bond motifs is 3. The van der Waals surface area contributed by atoms with Crippen molar-refractivity contribution < 1.29 is 9.53 Å². The maximum Gasteiger partial charge on any atom is 0.275 e. The first kappa shape index (κ1) is 13.7. The number of pyridine rings is 1.